The highest BCUT2D eigenvalue weighted by atomic mass is 16.5. The van der Waals surface area contributed by atoms with Gasteiger partial charge in [-0.3, -0.25) is 4.79 Å². The van der Waals surface area contributed by atoms with Crippen molar-refractivity contribution in [2.24, 2.45) is 5.92 Å². The largest absolute Gasteiger partial charge is 0.481 e. The Morgan fingerprint density at radius 3 is 2.58 bits per heavy atom. The number of aliphatic carboxylic acids is 1. The number of hydrogen-bond donors (Lipinski definition) is 2. The standard InChI is InChI=1S/C13H24N2O4/c1-19-10-11-5-8-15(9-6-11)13(18)14-7-3-2-4-12(16)17/h11H,2-10H2,1H3,(H,14,18)(H,16,17). The Hall–Kier alpha value is -1.30. The van der Waals surface area contributed by atoms with Gasteiger partial charge in [0, 0.05) is 39.8 Å². The molecule has 0 aromatic carbocycles. The maximum absolute atomic E-state index is 11.8. The second kappa shape index (κ2) is 8.74. The lowest BCUT2D eigenvalue weighted by molar-refractivity contribution is -0.137. The molecule has 110 valence electrons. The van der Waals surface area contributed by atoms with Crippen molar-refractivity contribution < 1.29 is 19.4 Å². The van der Waals surface area contributed by atoms with Crippen LogP contribution in [0.1, 0.15) is 32.1 Å². The van der Waals surface area contributed by atoms with Crippen molar-refractivity contribution >= 4 is 12.0 Å². The molecule has 0 saturated carbocycles. The van der Waals surface area contributed by atoms with E-state index in [1.54, 1.807) is 7.11 Å². The van der Waals surface area contributed by atoms with Gasteiger partial charge in [-0.05, 0) is 31.6 Å². The molecule has 0 spiro atoms. The summed E-state index contributed by atoms with van der Waals surface area (Å²) in [5.41, 5.74) is 0. The zero-order chi connectivity index (χ0) is 14.1. The van der Waals surface area contributed by atoms with Crippen LogP contribution in [0.15, 0.2) is 0 Å². The average molecular weight is 272 g/mol. The molecule has 1 saturated heterocycles. The summed E-state index contributed by atoms with van der Waals surface area (Å²) in [6.07, 6.45) is 3.45. The number of likely N-dealkylation sites (tertiary alicyclic amines) is 1. The van der Waals surface area contributed by atoms with E-state index in [1.165, 1.54) is 0 Å². The lowest BCUT2D eigenvalue weighted by atomic mass is 9.98. The van der Waals surface area contributed by atoms with Crippen LogP contribution in [0.5, 0.6) is 0 Å². The Kier molecular flexibility index (Phi) is 7.25. The summed E-state index contributed by atoms with van der Waals surface area (Å²) in [6.45, 7) is 2.86. The molecule has 0 aromatic heterocycles. The molecule has 0 aliphatic carbocycles. The maximum atomic E-state index is 11.8. The summed E-state index contributed by atoms with van der Waals surface area (Å²) in [6, 6.07) is -0.0359. The van der Waals surface area contributed by atoms with E-state index in [9.17, 15) is 9.59 Å². The fourth-order valence-electron chi connectivity index (χ4n) is 2.25. The number of carboxylic acid groups (broad SMARTS) is 1. The summed E-state index contributed by atoms with van der Waals surface area (Å²) < 4.78 is 5.12. The normalized spacial score (nSPS) is 16.4. The lowest BCUT2D eigenvalue weighted by Crippen LogP contribution is -2.45. The van der Waals surface area contributed by atoms with Crippen molar-refractivity contribution in [2.75, 3.05) is 33.4 Å². The summed E-state index contributed by atoms with van der Waals surface area (Å²) in [5.74, 6) is -0.226. The first kappa shape index (κ1) is 15.8. The minimum absolute atomic E-state index is 0.0359. The van der Waals surface area contributed by atoms with E-state index in [-0.39, 0.29) is 12.5 Å². The number of carbonyl (C=O) groups is 2. The van der Waals surface area contributed by atoms with Gasteiger partial charge < -0.3 is 20.1 Å². The van der Waals surface area contributed by atoms with Gasteiger partial charge in [0.15, 0.2) is 0 Å². The van der Waals surface area contributed by atoms with Crippen LogP contribution < -0.4 is 5.32 Å². The van der Waals surface area contributed by atoms with Crippen molar-refractivity contribution in [3.63, 3.8) is 0 Å². The summed E-state index contributed by atoms with van der Waals surface area (Å²) in [4.78, 5) is 24.0. The number of urea groups is 1. The first-order valence-corrected chi connectivity index (χ1v) is 6.87. The summed E-state index contributed by atoms with van der Waals surface area (Å²) >= 11 is 0. The lowest BCUT2D eigenvalue weighted by Gasteiger charge is -2.31. The number of carboxylic acids is 1. The van der Waals surface area contributed by atoms with E-state index in [0.29, 0.717) is 25.3 Å². The Morgan fingerprint density at radius 1 is 1.32 bits per heavy atom. The SMILES string of the molecule is COCC1CCN(C(=O)NCCCCC(=O)O)CC1. The number of methoxy groups -OCH3 is 1. The van der Waals surface area contributed by atoms with E-state index < -0.39 is 5.97 Å². The molecule has 1 heterocycles. The van der Waals surface area contributed by atoms with Crippen molar-refractivity contribution in [1.29, 1.82) is 0 Å². The van der Waals surface area contributed by atoms with Crippen molar-refractivity contribution in [1.82, 2.24) is 10.2 Å². The molecule has 6 heteroatoms. The van der Waals surface area contributed by atoms with Gasteiger partial charge in [-0.2, -0.15) is 0 Å². The Balaban J connectivity index is 2.09. The zero-order valence-corrected chi connectivity index (χ0v) is 11.6. The fourth-order valence-corrected chi connectivity index (χ4v) is 2.25. The van der Waals surface area contributed by atoms with Crippen LogP contribution in [0, 0.1) is 5.92 Å². The highest BCUT2D eigenvalue weighted by Gasteiger charge is 2.22. The van der Waals surface area contributed by atoms with Gasteiger partial charge in [0.05, 0.1) is 0 Å². The number of nitrogens with zero attached hydrogens (tertiary/aromatic N) is 1. The first-order valence-electron chi connectivity index (χ1n) is 6.87. The van der Waals surface area contributed by atoms with Crippen molar-refractivity contribution in [2.45, 2.75) is 32.1 Å². The van der Waals surface area contributed by atoms with Gasteiger partial charge in [-0.1, -0.05) is 0 Å². The van der Waals surface area contributed by atoms with Crippen LogP contribution in [0.4, 0.5) is 4.79 Å². The van der Waals surface area contributed by atoms with E-state index in [2.05, 4.69) is 5.32 Å². The van der Waals surface area contributed by atoms with Gasteiger partial charge in [-0.25, -0.2) is 4.79 Å². The third kappa shape index (κ3) is 6.42. The van der Waals surface area contributed by atoms with Crippen molar-refractivity contribution in [3.05, 3.63) is 0 Å². The van der Waals surface area contributed by atoms with Crippen LogP contribution in [0.2, 0.25) is 0 Å². The molecule has 0 aromatic rings. The Bertz CT molecular complexity index is 288. The minimum atomic E-state index is -0.786. The fraction of sp³-hybridized carbons (Fsp3) is 0.846. The third-order valence-corrected chi connectivity index (χ3v) is 3.40. The predicted molar refractivity (Wildman–Crippen MR) is 71.1 cm³/mol. The molecule has 1 fully saturated rings. The maximum Gasteiger partial charge on any atom is 0.317 e. The molecule has 0 atom stereocenters. The smallest absolute Gasteiger partial charge is 0.317 e. The number of hydrogen-bond acceptors (Lipinski definition) is 3. The molecule has 1 rings (SSSR count). The van der Waals surface area contributed by atoms with Gasteiger partial charge in [0.25, 0.3) is 0 Å². The van der Waals surface area contributed by atoms with E-state index in [0.717, 1.165) is 32.5 Å². The van der Waals surface area contributed by atoms with E-state index in [4.69, 9.17) is 9.84 Å². The van der Waals surface area contributed by atoms with E-state index >= 15 is 0 Å². The van der Waals surface area contributed by atoms with E-state index in [1.807, 2.05) is 4.90 Å². The van der Waals surface area contributed by atoms with Crippen LogP contribution >= 0.6 is 0 Å². The number of amides is 2. The first-order chi connectivity index (χ1) is 9.13. The predicted octanol–water partition coefficient (Wildman–Crippen LogP) is 1.31. The average Bonchev–Trinajstić information content (AvgIpc) is 2.39. The number of rotatable bonds is 7. The zero-order valence-electron chi connectivity index (χ0n) is 11.6. The summed E-state index contributed by atoms with van der Waals surface area (Å²) in [7, 11) is 1.70. The topological polar surface area (TPSA) is 78.9 Å². The number of piperidine rings is 1. The number of unbranched alkanes of at least 4 members (excludes halogenated alkanes) is 1. The van der Waals surface area contributed by atoms with Gasteiger partial charge >= 0.3 is 12.0 Å². The van der Waals surface area contributed by atoms with Crippen LogP contribution in [-0.4, -0.2) is 55.4 Å². The van der Waals surface area contributed by atoms with Crippen LogP contribution in [-0.2, 0) is 9.53 Å². The molecular formula is C13H24N2O4. The Labute approximate surface area is 114 Å². The van der Waals surface area contributed by atoms with Crippen LogP contribution in [0.3, 0.4) is 0 Å². The minimum Gasteiger partial charge on any atom is -0.481 e. The molecule has 2 amide bonds. The number of ether oxygens (including phenoxy) is 1. The van der Waals surface area contributed by atoms with Crippen molar-refractivity contribution in [3.8, 4) is 0 Å². The molecule has 2 N–H and O–H groups in total. The molecule has 0 radical (unpaired) electrons. The molecule has 1 aliphatic rings. The highest BCUT2D eigenvalue weighted by molar-refractivity contribution is 5.74. The van der Waals surface area contributed by atoms with Gasteiger partial charge in [-0.15, -0.1) is 0 Å². The van der Waals surface area contributed by atoms with Gasteiger partial charge in [0.2, 0.25) is 0 Å². The van der Waals surface area contributed by atoms with Crippen LogP contribution in [0.25, 0.3) is 0 Å². The highest BCUT2D eigenvalue weighted by Crippen LogP contribution is 2.17. The quantitative estimate of drug-likeness (QED) is 0.685. The monoisotopic (exact) mass is 272 g/mol. The molecule has 0 bridgehead atoms. The molecule has 6 nitrogen and oxygen atoms in total. The molecule has 0 unspecified atom stereocenters. The van der Waals surface area contributed by atoms with Gasteiger partial charge in [0.1, 0.15) is 0 Å². The third-order valence-electron chi connectivity index (χ3n) is 3.40. The Morgan fingerprint density at radius 2 is 2.00 bits per heavy atom. The second-order valence-corrected chi connectivity index (χ2v) is 4.97. The molecule has 19 heavy (non-hydrogen) atoms. The molecular weight excluding hydrogens is 248 g/mol. The second-order valence-electron chi connectivity index (χ2n) is 4.97. The number of carbonyl (C=O) groups excluding carboxylic acids is 1. The summed E-state index contributed by atoms with van der Waals surface area (Å²) in [5, 5.41) is 11.3. The molecule has 1 aliphatic heterocycles. The number of nitrogens with one attached hydrogen (secondary N) is 1.